The van der Waals surface area contributed by atoms with Crippen molar-refractivity contribution in [2.45, 2.75) is 114 Å². The van der Waals surface area contributed by atoms with E-state index in [2.05, 4.69) is 9.47 Å². The van der Waals surface area contributed by atoms with E-state index in [0.717, 1.165) is 41.8 Å². The van der Waals surface area contributed by atoms with Crippen LogP contribution in [0.5, 0.6) is 0 Å². The minimum atomic E-state index is -0.973. The second-order valence-corrected chi connectivity index (χ2v) is 14.0. The Morgan fingerprint density at radius 1 is 0.927 bits per heavy atom. The van der Waals surface area contributed by atoms with E-state index < -0.39 is 11.5 Å². The predicted molar refractivity (Wildman–Crippen MR) is 162 cm³/mol. The molecule has 41 heavy (non-hydrogen) atoms. The average molecular weight is 562 g/mol. The van der Waals surface area contributed by atoms with E-state index in [4.69, 9.17) is 4.98 Å². The normalized spacial score (nSPS) is 33.4. The number of aliphatic carboxylic acids is 1. The minimum absolute atomic E-state index is 0.0537. The maximum Gasteiger partial charge on any atom is 0.327 e. The van der Waals surface area contributed by atoms with Gasteiger partial charge in [-0.3, -0.25) is 19.4 Å². The lowest BCUT2D eigenvalue weighted by molar-refractivity contribution is -0.152. The molecule has 7 rings (SSSR count). The first-order valence-corrected chi connectivity index (χ1v) is 16.4. The third kappa shape index (κ3) is 4.60. The largest absolute Gasteiger partial charge is 0.480 e. The summed E-state index contributed by atoms with van der Waals surface area (Å²) in [6, 6.07) is 9.99. The highest BCUT2D eigenvalue weighted by Gasteiger charge is 2.54. The van der Waals surface area contributed by atoms with Gasteiger partial charge in [0.15, 0.2) is 11.4 Å². The highest BCUT2D eigenvalue weighted by molar-refractivity contribution is 5.84. The summed E-state index contributed by atoms with van der Waals surface area (Å²) in [7, 11) is 1.85. The van der Waals surface area contributed by atoms with Crippen LogP contribution in [0.3, 0.4) is 0 Å². The van der Waals surface area contributed by atoms with Crippen molar-refractivity contribution in [2.24, 2.45) is 11.8 Å². The summed E-state index contributed by atoms with van der Waals surface area (Å²) in [5.74, 6) is 1.40. The molecule has 0 radical (unpaired) electrons. The van der Waals surface area contributed by atoms with Gasteiger partial charge in [0, 0.05) is 24.2 Å². The predicted octanol–water partition coefficient (Wildman–Crippen LogP) is 4.91. The number of carboxylic acids is 1. The highest BCUT2D eigenvalue weighted by Crippen LogP contribution is 2.47. The van der Waals surface area contributed by atoms with Gasteiger partial charge in [-0.05, 0) is 82.5 Å². The van der Waals surface area contributed by atoms with E-state index in [1.165, 1.54) is 64.2 Å². The summed E-state index contributed by atoms with van der Waals surface area (Å²) < 4.78 is 2.06. The van der Waals surface area contributed by atoms with Gasteiger partial charge in [-0.1, -0.05) is 51.2 Å². The molecule has 3 saturated heterocycles. The van der Waals surface area contributed by atoms with Crippen molar-refractivity contribution in [1.82, 2.24) is 19.4 Å². The quantitative estimate of drug-likeness (QED) is 0.537. The Bertz CT molecular complexity index is 1320. The molecular formula is C33H47N5O3. The van der Waals surface area contributed by atoms with Crippen molar-refractivity contribution in [3.05, 3.63) is 34.6 Å². The van der Waals surface area contributed by atoms with Crippen LogP contribution in [0.1, 0.15) is 90.0 Å². The zero-order valence-electron chi connectivity index (χ0n) is 24.9. The SMILES string of the molecule is CCN(C)C1(C(=O)O)CN(c2nc3ccccc3n([C@H]3C[C@H]4CCC[C@@H](C3)N4[C@@H]3C[C@@H]4CCCC[C@@H](C4)C3)c2=O)C1. The second kappa shape index (κ2) is 10.7. The topological polar surface area (TPSA) is 81.9 Å². The van der Waals surface area contributed by atoms with E-state index in [-0.39, 0.29) is 24.7 Å². The van der Waals surface area contributed by atoms with Gasteiger partial charge in [-0.15, -0.1) is 0 Å². The number of benzene rings is 1. The fraction of sp³-hybridized carbons (Fsp3) is 0.727. The molecule has 1 N–H and O–H groups in total. The zero-order valence-corrected chi connectivity index (χ0v) is 24.9. The molecule has 222 valence electrons. The molecule has 4 heterocycles. The van der Waals surface area contributed by atoms with Crippen LogP contribution in [0, 0.1) is 11.8 Å². The van der Waals surface area contributed by atoms with Gasteiger partial charge in [-0.25, -0.2) is 4.98 Å². The average Bonchev–Trinajstić information content (AvgIpc) is 3.10. The smallest absolute Gasteiger partial charge is 0.327 e. The van der Waals surface area contributed by atoms with Crippen molar-refractivity contribution < 1.29 is 9.90 Å². The number of fused-ring (bicyclic) bond motifs is 5. The highest BCUT2D eigenvalue weighted by atomic mass is 16.4. The van der Waals surface area contributed by atoms with Crippen LogP contribution in [0.25, 0.3) is 11.0 Å². The van der Waals surface area contributed by atoms with Gasteiger partial charge in [0.1, 0.15) is 0 Å². The Balaban J connectivity index is 1.19. The van der Waals surface area contributed by atoms with E-state index in [9.17, 15) is 14.7 Å². The Morgan fingerprint density at radius 3 is 2.22 bits per heavy atom. The maximum absolute atomic E-state index is 14.3. The van der Waals surface area contributed by atoms with E-state index in [1.807, 2.05) is 48.0 Å². The van der Waals surface area contributed by atoms with E-state index in [1.54, 1.807) is 0 Å². The fourth-order valence-electron chi connectivity index (χ4n) is 9.59. The lowest BCUT2D eigenvalue weighted by Crippen LogP contribution is -2.74. The molecule has 1 aromatic carbocycles. The van der Waals surface area contributed by atoms with Crippen LogP contribution >= 0.6 is 0 Å². The molecule has 8 heteroatoms. The summed E-state index contributed by atoms with van der Waals surface area (Å²) in [5, 5.41) is 10.1. The van der Waals surface area contributed by atoms with Crippen LogP contribution in [0.2, 0.25) is 0 Å². The molecular weight excluding hydrogens is 514 g/mol. The van der Waals surface area contributed by atoms with Gasteiger partial charge in [-0.2, -0.15) is 0 Å². The molecule has 0 amide bonds. The number of para-hydroxylation sites is 2. The number of carboxylic acid groups (broad SMARTS) is 1. The van der Waals surface area contributed by atoms with Gasteiger partial charge in [0.25, 0.3) is 5.56 Å². The standard InChI is InChI=1S/C33H47N5O3/c1-3-35(2)33(32(40)41)20-36(21-33)30-31(39)38(29-14-7-6-13-28(29)34-30)27-18-24-11-8-12-25(19-27)37(24)26-16-22-9-4-5-10-23(15-22)17-26/h6-7,13-14,22-27H,3-5,8-12,15-21H2,1-2H3,(H,40,41)/t22-,23+,24-,25+,26-,27+. The molecule has 4 bridgehead atoms. The van der Waals surface area contributed by atoms with E-state index >= 15 is 0 Å². The molecule has 2 aromatic rings. The van der Waals surface area contributed by atoms with Crippen LogP contribution < -0.4 is 10.5 Å². The zero-order chi connectivity index (χ0) is 28.3. The Labute approximate surface area is 243 Å². The molecule has 0 unspecified atom stereocenters. The second-order valence-electron chi connectivity index (χ2n) is 14.0. The number of anilines is 1. The van der Waals surface area contributed by atoms with Crippen LogP contribution in [0.4, 0.5) is 5.82 Å². The molecule has 1 aromatic heterocycles. The van der Waals surface area contributed by atoms with Crippen LogP contribution in [0.15, 0.2) is 29.1 Å². The number of rotatable bonds is 6. The lowest BCUT2D eigenvalue weighted by Gasteiger charge is -2.55. The fourth-order valence-corrected chi connectivity index (χ4v) is 9.59. The first-order valence-electron chi connectivity index (χ1n) is 16.4. The van der Waals surface area contributed by atoms with Gasteiger partial charge in [0.05, 0.1) is 24.1 Å². The number of piperidine rings is 2. The number of aromatic nitrogens is 2. The molecule has 2 saturated carbocycles. The first-order chi connectivity index (χ1) is 19.9. The van der Waals surface area contributed by atoms with Crippen LogP contribution in [-0.2, 0) is 4.79 Å². The number of nitrogens with zero attached hydrogens (tertiary/aromatic N) is 5. The number of likely N-dealkylation sites (N-methyl/N-ethyl adjacent to an activating group) is 1. The third-order valence-corrected chi connectivity index (χ3v) is 11.7. The lowest BCUT2D eigenvalue weighted by atomic mass is 9.73. The monoisotopic (exact) mass is 561 g/mol. The molecule has 3 aliphatic heterocycles. The maximum atomic E-state index is 14.3. The number of hydrogen-bond acceptors (Lipinski definition) is 6. The van der Waals surface area contributed by atoms with Gasteiger partial charge in [0.2, 0.25) is 0 Å². The Morgan fingerprint density at radius 2 is 1.59 bits per heavy atom. The molecule has 5 aliphatic rings. The van der Waals surface area contributed by atoms with Crippen molar-refractivity contribution in [2.75, 3.05) is 31.6 Å². The van der Waals surface area contributed by atoms with Gasteiger partial charge < -0.3 is 14.6 Å². The Kier molecular flexibility index (Phi) is 7.13. The number of hydrogen-bond donors (Lipinski definition) is 1. The number of carbonyl (C=O) groups is 1. The van der Waals surface area contributed by atoms with Crippen molar-refractivity contribution in [1.29, 1.82) is 0 Å². The van der Waals surface area contributed by atoms with Crippen molar-refractivity contribution in [3.8, 4) is 0 Å². The van der Waals surface area contributed by atoms with E-state index in [0.29, 0.717) is 24.4 Å². The molecule has 8 nitrogen and oxygen atoms in total. The Hall–Kier alpha value is -2.45. The summed E-state index contributed by atoms with van der Waals surface area (Å²) in [6.45, 7) is 3.17. The molecule has 5 fully saturated rings. The van der Waals surface area contributed by atoms with Crippen LogP contribution in [-0.4, -0.2) is 80.8 Å². The van der Waals surface area contributed by atoms with Crippen molar-refractivity contribution >= 4 is 22.8 Å². The third-order valence-electron chi connectivity index (χ3n) is 11.7. The molecule has 2 aliphatic carbocycles. The van der Waals surface area contributed by atoms with Crippen molar-refractivity contribution in [3.63, 3.8) is 0 Å². The summed E-state index contributed by atoms with van der Waals surface area (Å²) >= 11 is 0. The first kappa shape index (κ1) is 27.4. The molecule has 0 spiro atoms. The summed E-state index contributed by atoms with van der Waals surface area (Å²) in [5.41, 5.74) is 0.709. The molecule has 6 atom stereocenters. The summed E-state index contributed by atoms with van der Waals surface area (Å²) in [4.78, 5) is 38.1. The van der Waals surface area contributed by atoms with Gasteiger partial charge >= 0.3 is 5.97 Å². The summed E-state index contributed by atoms with van der Waals surface area (Å²) in [6.07, 6.45) is 15.7. The minimum Gasteiger partial charge on any atom is -0.480 e.